The van der Waals surface area contributed by atoms with Crippen LogP contribution in [0, 0.1) is 0 Å². The number of hydrogen-bond acceptors (Lipinski definition) is 5. The normalized spacial score (nSPS) is 19.6. The van der Waals surface area contributed by atoms with Gasteiger partial charge in [-0.1, -0.05) is 27.7 Å². The number of nitrogens with one attached hydrogen (secondary N) is 1. The molecular weight excluding hydrogens is 312 g/mol. The molecule has 1 fully saturated rings. The molecule has 2 rings (SSSR count). The monoisotopic (exact) mass is 340 g/mol. The maximum absolute atomic E-state index is 11.5. The Bertz CT molecular complexity index is 617. The van der Waals surface area contributed by atoms with Gasteiger partial charge in [0, 0.05) is 36.8 Å². The molecule has 0 radical (unpaired) electrons. The van der Waals surface area contributed by atoms with E-state index in [1.807, 2.05) is 6.07 Å². The van der Waals surface area contributed by atoms with Crippen molar-refractivity contribution >= 4 is 15.8 Å². The van der Waals surface area contributed by atoms with Crippen LogP contribution in [-0.2, 0) is 10.0 Å². The van der Waals surface area contributed by atoms with Gasteiger partial charge in [0.1, 0.15) is 11.6 Å². The van der Waals surface area contributed by atoms with Crippen LogP contribution in [-0.4, -0.2) is 43.8 Å². The molecule has 6 nitrogen and oxygen atoms in total. The molecule has 1 aromatic rings. The lowest BCUT2D eigenvalue weighted by Gasteiger charge is -2.34. The fourth-order valence-electron chi connectivity index (χ4n) is 2.77. The van der Waals surface area contributed by atoms with Crippen molar-refractivity contribution < 1.29 is 8.42 Å². The summed E-state index contributed by atoms with van der Waals surface area (Å²) in [5.74, 6) is 2.36. The van der Waals surface area contributed by atoms with Crippen molar-refractivity contribution in [2.24, 2.45) is 0 Å². The van der Waals surface area contributed by atoms with E-state index < -0.39 is 10.0 Å². The Labute approximate surface area is 139 Å². The SMILES string of the molecule is CC(C)c1cc(N2CCCC(NS(C)(=O)=O)C2)nc(C(C)C)n1. The molecule has 130 valence electrons. The van der Waals surface area contributed by atoms with E-state index in [-0.39, 0.29) is 12.0 Å². The fourth-order valence-corrected chi connectivity index (χ4v) is 3.57. The second-order valence-electron chi connectivity index (χ2n) is 6.99. The highest BCUT2D eigenvalue weighted by molar-refractivity contribution is 7.88. The van der Waals surface area contributed by atoms with Crippen molar-refractivity contribution in [1.29, 1.82) is 0 Å². The zero-order chi connectivity index (χ0) is 17.2. The Balaban J connectivity index is 2.26. The van der Waals surface area contributed by atoms with Gasteiger partial charge in [0.25, 0.3) is 0 Å². The molecule has 1 aliphatic heterocycles. The maximum atomic E-state index is 11.5. The van der Waals surface area contributed by atoms with Gasteiger partial charge in [-0.3, -0.25) is 0 Å². The minimum absolute atomic E-state index is 0.0567. The van der Waals surface area contributed by atoms with Crippen LogP contribution in [0.3, 0.4) is 0 Å². The number of anilines is 1. The molecule has 0 amide bonds. The first-order valence-corrected chi connectivity index (χ1v) is 10.2. The van der Waals surface area contributed by atoms with Crippen LogP contribution in [0.1, 0.15) is 63.9 Å². The van der Waals surface area contributed by atoms with Gasteiger partial charge in [-0.15, -0.1) is 0 Å². The number of piperidine rings is 1. The summed E-state index contributed by atoms with van der Waals surface area (Å²) in [6.07, 6.45) is 3.03. The minimum atomic E-state index is -3.18. The summed E-state index contributed by atoms with van der Waals surface area (Å²) >= 11 is 0. The Morgan fingerprint density at radius 2 is 1.91 bits per heavy atom. The number of nitrogens with zero attached hydrogens (tertiary/aromatic N) is 3. The third-order valence-corrected chi connectivity index (χ3v) is 4.75. The molecule has 1 atom stereocenters. The van der Waals surface area contributed by atoms with E-state index in [1.54, 1.807) is 0 Å². The summed E-state index contributed by atoms with van der Waals surface area (Å²) in [7, 11) is -3.18. The second-order valence-corrected chi connectivity index (χ2v) is 8.77. The molecule has 23 heavy (non-hydrogen) atoms. The first-order chi connectivity index (χ1) is 10.7. The fraction of sp³-hybridized carbons (Fsp3) is 0.750. The highest BCUT2D eigenvalue weighted by Gasteiger charge is 2.24. The highest BCUT2D eigenvalue weighted by Crippen LogP contribution is 2.24. The first kappa shape index (κ1) is 18.1. The molecule has 0 saturated carbocycles. The average Bonchev–Trinajstić information content (AvgIpc) is 2.45. The van der Waals surface area contributed by atoms with Gasteiger partial charge in [0.2, 0.25) is 10.0 Å². The summed E-state index contributed by atoms with van der Waals surface area (Å²) in [6, 6.07) is 1.98. The largest absolute Gasteiger partial charge is 0.355 e. The molecule has 1 N–H and O–H groups in total. The van der Waals surface area contributed by atoms with Crippen molar-refractivity contribution in [3.8, 4) is 0 Å². The number of aromatic nitrogens is 2. The third kappa shape index (κ3) is 5.14. The van der Waals surface area contributed by atoms with Crippen molar-refractivity contribution in [3.63, 3.8) is 0 Å². The van der Waals surface area contributed by atoms with Crippen molar-refractivity contribution in [2.45, 2.75) is 58.4 Å². The molecule has 1 aliphatic rings. The van der Waals surface area contributed by atoms with Crippen LogP contribution in [0.4, 0.5) is 5.82 Å². The molecule has 0 aliphatic carbocycles. The molecule has 0 aromatic carbocycles. The van der Waals surface area contributed by atoms with E-state index in [1.165, 1.54) is 6.26 Å². The predicted molar refractivity (Wildman–Crippen MR) is 93.4 cm³/mol. The Kier molecular flexibility index (Phi) is 5.62. The quantitative estimate of drug-likeness (QED) is 0.890. The molecular formula is C16H28N4O2S. The van der Waals surface area contributed by atoms with Crippen LogP contribution in [0.25, 0.3) is 0 Å². The van der Waals surface area contributed by atoms with E-state index >= 15 is 0 Å². The highest BCUT2D eigenvalue weighted by atomic mass is 32.2. The van der Waals surface area contributed by atoms with Gasteiger partial charge >= 0.3 is 0 Å². The minimum Gasteiger partial charge on any atom is -0.355 e. The lowest BCUT2D eigenvalue weighted by molar-refractivity contribution is 0.464. The smallest absolute Gasteiger partial charge is 0.209 e. The van der Waals surface area contributed by atoms with Gasteiger partial charge < -0.3 is 4.90 Å². The van der Waals surface area contributed by atoms with Gasteiger partial charge in [-0.05, 0) is 18.8 Å². The Morgan fingerprint density at radius 1 is 1.22 bits per heavy atom. The van der Waals surface area contributed by atoms with Gasteiger partial charge in [0.15, 0.2) is 0 Å². The zero-order valence-electron chi connectivity index (χ0n) is 14.7. The molecule has 7 heteroatoms. The predicted octanol–water partition coefficient (Wildman–Crippen LogP) is 2.24. The topological polar surface area (TPSA) is 75.2 Å². The maximum Gasteiger partial charge on any atom is 0.209 e. The molecule has 1 saturated heterocycles. The summed E-state index contributed by atoms with van der Waals surface area (Å²) in [5, 5.41) is 0. The van der Waals surface area contributed by atoms with E-state index in [9.17, 15) is 8.42 Å². The number of sulfonamides is 1. The number of rotatable bonds is 5. The lowest BCUT2D eigenvalue weighted by atomic mass is 10.1. The van der Waals surface area contributed by atoms with E-state index in [0.29, 0.717) is 12.5 Å². The molecule has 0 spiro atoms. The van der Waals surface area contributed by atoms with Crippen molar-refractivity contribution in [3.05, 3.63) is 17.6 Å². The molecule has 1 aromatic heterocycles. The van der Waals surface area contributed by atoms with E-state index in [0.717, 1.165) is 36.7 Å². The van der Waals surface area contributed by atoms with Gasteiger partial charge in [0.05, 0.1) is 6.26 Å². The Hall–Kier alpha value is -1.21. The van der Waals surface area contributed by atoms with Crippen LogP contribution < -0.4 is 9.62 Å². The summed E-state index contributed by atoms with van der Waals surface area (Å²) in [4.78, 5) is 11.5. The lowest BCUT2D eigenvalue weighted by Crippen LogP contribution is -2.47. The summed E-state index contributed by atoms with van der Waals surface area (Å²) < 4.78 is 25.7. The third-order valence-electron chi connectivity index (χ3n) is 3.98. The van der Waals surface area contributed by atoms with Crippen LogP contribution >= 0.6 is 0 Å². The molecule has 1 unspecified atom stereocenters. The molecule has 2 heterocycles. The van der Waals surface area contributed by atoms with Crippen molar-refractivity contribution in [2.75, 3.05) is 24.2 Å². The average molecular weight is 340 g/mol. The van der Waals surface area contributed by atoms with Crippen LogP contribution in [0.15, 0.2) is 6.07 Å². The van der Waals surface area contributed by atoms with E-state index in [2.05, 4.69) is 42.3 Å². The number of hydrogen-bond donors (Lipinski definition) is 1. The summed E-state index contributed by atoms with van der Waals surface area (Å²) in [6.45, 7) is 9.98. The zero-order valence-corrected chi connectivity index (χ0v) is 15.5. The summed E-state index contributed by atoms with van der Waals surface area (Å²) in [5.41, 5.74) is 1.04. The van der Waals surface area contributed by atoms with Crippen LogP contribution in [0.2, 0.25) is 0 Å². The van der Waals surface area contributed by atoms with E-state index in [4.69, 9.17) is 4.98 Å². The first-order valence-electron chi connectivity index (χ1n) is 8.27. The molecule has 0 bridgehead atoms. The van der Waals surface area contributed by atoms with Gasteiger partial charge in [-0.25, -0.2) is 23.1 Å². The van der Waals surface area contributed by atoms with Crippen molar-refractivity contribution in [1.82, 2.24) is 14.7 Å². The standard InChI is InChI=1S/C16H28N4O2S/c1-11(2)14-9-15(18-16(17-14)12(3)4)20-8-6-7-13(10-20)19-23(5,21)22/h9,11-13,19H,6-8,10H2,1-5H3. The second kappa shape index (κ2) is 7.13. The Morgan fingerprint density at radius 3 is 2.48 bits per heavy atom. The van der Waals surface area contributed by atoms with Crippen LogP contribution in [0.5, 0.6) is 0 Å². The van der Waals surface area contributed by atoms with Gasteiger partial charge in [-0.2, -0.15) is 0 Å².